The molecule has 0 saturated carbocycles. The predicted molar refractivity (Wildman–Crippen MR) is 91.0 cm³/mol. The van der Waals surface area contributed by atoms with Gasteiger partial charge in [-0.15, -0.1) is 0 Å². The lowest BCUT2D eigenvalue weighted by molar-refractivity contribution is -0.139. The van der Waals surface area contributed by atoms with Crippen LogP contribution in [0.3, 0.4) is 0 Å². The van der Waals surface area contributed by atoms with E-state index in [0.717, 1.165) is 0 Å². The molecule has 0 saturated heterocycles. The van der Waals surface area contributed by atoms with Gasteiger partial charge in [0.2, 0.25) is 0 Å². The van der Waals surface area contributed by atoms with Gasteiger partial charge in [-0.05, 0) is 35.4 Å². The van der Waals surface area contributed by atoms with E-state index in [1.54, 1.807) is 30.3 Å². The zero-order chi connectivity index (χ0) is 18.6. The van der Waals surface area contributed by atoms with E-state index < -0.39 is 31.3 Å². The Kier molecular flexibility index (Phi) is 6.57. The first-order chi connectivity index (χ1) is 11.7. The second-order valence-electron chi connectivity index (χ2n) is 5.43. The number of halogens is 5. The normalized spacial score (nSPS) is 14.2. The largest absolute Gasteiger partial charge is 0.493 e. The summed E-state index contributed by atoms with van der Waals surface area (Å²) in [4.78, 5) is 0. The molecule has 2 atom stereocenters. The molecule has 0 bridgehead atoms. The van der Waals surface area contributed by atoms with Crippen molar-refractivity contribution in [3.05, 3.63) is 63.6 Å². The monoisotopic (exact) mass is 393 g/mol. The van der Waals surface area contributed by atoms with Crippen LogP contribution in [0.1, 0.15) is 29.7 Å². The van der Waals surface area contributed by atoms with E-state index in [-0.39, 0.29) is 5.75 Å². The fourth-order valence-electron chi connectivity index (χ4n) is 2.16. The lowest BCUT2D eigenvalue weighted by atomic mass is 9.96. The van der Waals surface area contributed by atoms with Crippen LogP contribution in [0.2, 0.25) is 10.0 Å². The molecule has 8 heteroatoms. The van der Waals surface area contributed by atoms with Gasteiger partial charge in [0.15, 0.2) is 0 Å². The number of aliphatic hydroxyl groups is 1. The lowest BCUT2D eigenvalue weighted by Gasteiger charge is -2.20. The van der Waals surface area contributed by atoms with Gasteiger partial charge in [0.1, 0.15) is 5.75 Å². The standard InChI is InChI=1S/C17H16Cl2F3NO2/c18-13-6-3-11(9-14(13)19)15(23)16(24)10-1-4-12(5-2-10)25-8-7-17(20,21)22/h1-6,9,15-16,24H,7-8,23H2. The van der Waals surface area contributed by atoms with Crippen LogP contribution < -0.4 is 10.5 Å². The molecule has 0 aliphatic heterocycles. The first-order valence-electron chi connectivity index (χ1n) is 7.35. The predicted octanol–water partition coefficient (Wildman–Crippen LogP) is 5.06. The minimum Gasteiger partial charge on any atom is -0.493 e. The van der Waals surface area contributed by atoms with E-state index >= 15 is 0 Å². The van der Waals surface area contributed by atoms with Crippen LogP contribution in [0.15, 0.2) is 42.5 Å². The first-order valence-corrected chi connectivity index (χ1v) is 8.11. The molecule has 2 unspecified atom stereocenters. The molecule has 0 heterocycles. The summed E-state index contributed by atoms with van der Waals surface area (Å²) in [6, 6.07) is 10.1. The molecule has 0 radical (unpaired) electrons. The molecule has 0 aliphatic rings. The van der Waals surface area contributed by atoms with E-state index in [0.29, 0.717) is 21.2 Å². The van der Waals surface area contributed by atoms with Gasteiger partial charge in [0.05, 0.1) is 35.2 Å². The topological polar surface area (TPSA) is 55.5 Å². The van der Waals surface area contributed by atoms with Crippen LogP contribution in [-0.4, -0.2) is 17.9 Å². The third-order valence-corrected chi connectivity index (χ3v) is 4.28. The highest BCUT2D eigenvalue weighted by atomic mass is 35.5. The number of benzene rings is 2. The van der Waals surface area contributed by atoms with Gasteiger partial charge in [-0.25, -0.2) is 0 Å². The third-order valence-electron chi connectivity index (χ3n) is 3.54. The summed E-state index contributed by atoms with van der Waals surface area (Å²) in [5.41, 5.74) is 7.15. The molecule has 0 aliphatic carbocycles. The van der Waals surface area contributed by atoms with Gasteiger partial charge in [-0.2, -0.15) is 13.2 Å². The van der Waals surface area contributed by atoms with Gasteiger partial charge >= 0.3 is 6.18 Å². The molecule has 2 aromatic rings. The first kappa shape index (κ1) is 19.8. The van der Waals surface area contributed by atoms with E-state index in [1.165, 1.54) is 12.1 Å². The Hall–Kier alpha value is -1.47. The van der Waals surface area contributed by atoms with Crippen molar-refractivity contribution in [2.24, 2.45) is 5.73 Å². The van der Waals surface area contributed by atoms with Crippen molar-refractivity contribution in [2.45, 2.75) is 24.7 Å². The maximum Gasteiger partial charge on any atom is 0.392 e. The Balaban J connectivity index is 2.01. The Morgan fingerprint density at radius 1 is 1.00 bits per heavy atom. The Morgan fingerprint density at radius 3 is 2.16 bits per heavy atom. The molecular formula is C17H16Cl2F3NO2. The summed E-state index contributed by atoms with van der Waals surface area (Å²) in [5, 5.41) is 11.1. The number of alkyl halides is 3. The van der Waals surface area contributed by atoms with Crippen LogP contribution in [0.5, 0.6) is 5.75 Å². The van der Waals surface area contributed by atoms with Crippen LogP contribution in [0, 0.1) is 0 Å². The second kappa shape index (κ2) is 8.27. The minimum atomic E-state index is -4.26. The Labute approximate surface area is 153 Å². The molecule has 3 N–H and O–H groups in total. The summed E-state index contributed by atoms with van der Waals surface area (Å²) >= 11 is 11.8. The average Bonchev–Trinajstić information content (AvgIpc) is 2.55. The summed E-state index contributed by atoms with van der Waals surface area (Å²) < 4.78 is 41.3. The van der Waals surface area contributed by atoms with Crippen molar-refractivity contribution in [1.29, 1.82) is 0 Å². The molecule has 0 fully saturated rings. The number of rotatable bonds is 6. The van der Waals surface area contributed by atoms with E-state index in [9.17, 15) is 18.3 Å². The van der Waals surface area contributed by atoms with Crippen LogP contribution in [0.4, 0.5) is 13.2 Å². The molecule has 0 amide bonds. The maximum absolute atomic E-state index is 12.1. The van der Waals surface area contributed by atoms with Crippen molar-refractivity contribution in [2.75, 3.05) is 6.61 Å². The smallest absolute Gasteiger partial charge is 0.392 e. The van der Waals surface area contributed by atoms with Gasteiger partial charge < -0.3 is 15.6 Å². The lowest BCUT2D eigenvalue weighted by Crippen LogP contribution is -2.19. The van der Waals surface area contributed by atoms with Crippen LogP contribution in [-0.2, 0) is 0 Å². The summed E-state index contributed by atoms with van der Waals surface area (Å²) in [7, 11) is 0. The zero-order valence-corrected chi connectivity index (χ0v) is 14.4. The number of hydrogen-bond acceptors (Lipinski definition) is 3. The zero-order valence-electron chi connectivity index (χ0n) is 12.9. The molecule has 0 aromatic heterocycles. The fraction of sp³-hybridized carbons (Fsp3) is 0.294. The van der Waals surface area contributed by atoms with Crippen molar-refractivity contribution >= 4 is 23.2 Å². The van der Waals surface area contributed by atoms with Crippen LogP contribution in [0.25, 0.3) is 0 Å². The second-order valence-corrected chi connectivity index (χ2v) is 6.24. The van der Waals surface area contributed by atoms with E-state index in [1.807, 2.05) is 0 Å². The quantitative estimate of drug-likeness (QED) is 0.721. The fourth-order valence-corrected chi connectivity index (χ4v) is 2.46. The van der Waals surface area contributed by atoms with Crippen molar-refractivity contribution in [1.82, 2.24) is 0 Å². The molecule has 3 nitrogen and oxygen atoms in total. The number of aliphatic hydroxyl groups excluding tert-OH is 1. The van der Waals surface area contributed by atoms with E-state index in [2.05, 4.69) is 0 Å². The Bertz CT molecular complexity index is 708. The summed E-state index contributed by atoms with van der Waals surface area (Å²) in [6.07, 6.45) is -6.32. The van der Waals surface area contributed by atoms with Crippen molar-refractivity contribution in [3.8, 4) is 5.75 Å². The minimum absolute atomic E-state index is 0.281. The summed E-state index contributed by atoms with van der Waals surface area (Å²) in [6.45, 7) is -0.464. The molecule has 2 aromatic carbocycles. The number of nitrogens with two attached hydrogens (primary N) is 1. The van der Waals surface area contributed by atoms with Crippen molar-refractivity contribution in [3.63, 3.8) is 0 Å². The van der Waals surface area contributed by atoms with Crippen molar-refractivity contribution < 1.29 is 23.0 Å². The average molecular weight is 394 g/mol. The molecule has 0 spiro atoms. The molecule has 25 heavy (non-hydrogen) atoms. The molecule has 136 valence electrons. The highest BCUT2D eigenvalue weighted by Gasteiger charge is 2.27. The highest BCUT2D eigenvalue weighted by Crippen LogP contribution is 2.31. The van der Waals surface area contributed by atoms with Gasteiger partial charge in [-0.1, -0.05) is 41.4 Å². The highest BCUT2D eigenvalue weighted by molar-refractivity contribution is 6.42. The summed E-state index contributed by atoms with van der Waals surface area (Å²) in [5.74, 6) is 0.281. The van der Waals surface area contributed by atoms with Gasteiger partial charge in [-0.3, -0.25) is 0 Å². The van der Waals surface area contributed by atoms with E-state index in [4.69, 9.17) is 33.7 Å². The number of ether oxygens (including phenoxy) is 1. The van der Waals surface area contributed by atoms with Crippen LogP contribution >= 0.6 is 23.2 Å². The van der Waals surface area contributed by atoms with Gasteiger partial charge in [0, 0.05) is 0 Å². The molecule has 2 rings (SSSR count). The third kappa shape index (κ3) is 5.78. The SMILES string of the molecule is NC(c1ccc(Cl)c(Cl)c1)C(O)c1ccc(OCCC(F)(F)F)cc1. The van der Waals surface area contributed by atoms with Gasteiger partial charge in [0.25, 0.3) is 0 Å². The maximum atomic E-state index is 12.1. The molecular weight excluding hydrogens is 378 g/mol. The number of hydrogen-bond donors (Lipinski definition) is 2. The Morgan fingerprint density at radius 2 is 1.60 bits per heavy atom.